The van der Waals surface area contributed by atoms with E-state index in [0.717, 1.165) is 6.42 Å². The van der Waals surface area contributed by atoms with Crippen molar-refractivity contribution in [2.24, 2.45) is 11.8 Å². The minimum Gasteiger partial charge on any atom is -0.396 e. The van der Waals surface area contributed by atoms with Crippen LogP contribution in [-0.2, 0) is 0 Å². The van der Waals surface area contributed by atoms with Crippen molar-refractivity contribution in [1.29, 1.82) is 0 Å². The lowest BCUT2D eigenvalue weighted by atomic mass is 9.76. The molecule has 2 aliphatic heterocycles. The summed E-state index contributed by atoms with van der Waals surface area (Å²) in [5, 5.41) is 12.5. The second kappa shape index (κ2) is 2.61. The van der Waals surface area contributed by atoms with Gasteiger partial charge in [0.25, 0.3) is 0 Å². The quantitative estimate of drug-likeness (QED) is 0.539. The van der Waals surface area contributed by atoms with Crippen LogP contribution < -0.4 is 5.32 Å². The van der Waals surface area contributed by atoms with Crippen LogP contribution in [0.15, 0.2) is 12.2 Å². The number of rotatable bonds is 1. The van der Waals surface area contributed by atoms with E-state index in [4.69, 9.17) is 5.11 Å². The summed E-state index contributed by atoms with van der Waals surface area (Å²) in [4.78, 5) is 0. The second-order valence-electron chi connectivity index (χ2n) is 3.71. The van der Waals surface area contributed by atoms with Crippen LogP contribution in [0.4, 0.5) is 0 Å². The van der Waals surface area contributed by atoms with Gasteiger partial charge in [0.15, 0.2) is 0 Å². The van der Waals surface area contributed by atoms with Crippen LogP contribution in [-0.4, -0.2) is 23.8 Å². The van der Waals surface area contributed by atoms with Gasteiger partial charge in [-0.05, 0) is 19.3 Å². The molecule has 1 aliphatic carbocycles. The molecule has 0 aromatic carbocycles. The first-order chi connectivity index (χ1) is 5.31. The highest BCUT2D eigenvalue weighted by Crippen LogP contribution is 2.31. The molecule has 1 fully saturated rings. The molecule has 0 aromatic heterocycles. The van der Waals surface area contributed by atoms with Crippen LogP contribution in [0.3, 0.4) is 0 Å². The third-order valence-electron chi connectivity index (χ3n) is 2.98. The summed E-state index contributed by atoms with van der Waals surface area (Å²) in [6.07, 6.45) is 5.65. The molecule has 2 heteroatoms. The van der Waals surface area contributed by atoms with Gasteiger partial charge in [0.05, 0.1) is 0 Å². The van der Waals surface area contributed by atoms with Crippen molar-refractivity contribution in [2.75, 3.05) is 6.61 Å². The largest absolute Gasteiger partial charge is 0.396 e. The van der Waals surface area contributed by atoms with Crippen LogP contribution in [0.1, 0.15) is 13.3 Å². The Morgan fingerprint density at radius 3 is 2.82 bits per heavy atom. The van der Waals surface area contributed by atoms with Gasteiger partial charge in [0.2, 0.25) is 0 Å². The van der Waals surface area contributed by atoms with Gasteiger partial charge in [-0.2, -0.15) is 0 Å². The van der Waals surface area contributed by atoms with Crippen LogP contribution in [0.5, 0.6) is 0 Å². The minimum atomic E-state index is 0.325. The first-order valence-electron chi connectivity index (χ1n) is 4.36. The fourth-order valence-corrected chi connectivity index (χ4v) is 2.17. The van der Waals surface area contributed by atoms with Gasteiger partial charge in [-0.25, -0.2) is 0 Å². The number of hydrogen-bond acceptors (Lipinski definition) is 2. The fraction of sp³-hybridized carbons (Fsp3) is 0.778. The molecule has 0 spiro atoms. The van der Waals surface area contributed by atoms with E-state index in [0.29, 0.717) is 30.5 Å². The zero-order chi connectivity index (χ0) is 7.84. The highest BCUT2D eigenvalue weighted by molar-refractivity contribution is 5.13. The van der Waals surface area contributed by atoms with Crippen LogP contribution in [0.25, 0.3) is 0 Å². The maximum Gasteiger partial charge on any atom is 0.0477 e. The maximum absolute atomic E-state index is 9.03. The van der Waals surface area contributed by atoms with Gasteiger partial charge in [-0.1, -0.05) is 12.2 Å². The van der Waals surface area contributed by atoms with Crippen LogP contribution >= 0.6 is 0 Å². The molecular weight excluding hydrogens is 138 g/mol. The third kappa shape index (κ3) is 1.10. The Bertz CT molecular complexity index is 178. The molecule has 0 saturated carbocycles. The molecule has 3 rings (SSSR count). The predicted octanol–water partition coefficient (Wildman–Crippen LogP) is 0.531. The third-order valence-corrected chi connectivity index (χ3v) is 2.98. The number of hydrogen-bond donors (Lipinski definition) is 2. The number of aliphatic hydroxyl groups excluding tert-OH is 1. The summed E-state index contributed by atoms with van der Waals surface area (Å²) in [5.74, 6) is 1.11. The van der Waals surface area contributed by atoms with E-state index in [1.807, 2.05) is 0 Å². The summed E-state index contributed by atoms with van der Waals surface area (Å²) in [6.45, 7) is 2.54. The van der Waals surface area contributed by atoms with E-state index in [9.17, 15) is 0 Å². The van der Waals surface area contributed by atoms with Crippen molar-refractivity contribution >= 4 is 0 Å². The van der Waals surface area contributed by atoms with E-state index >= 15 is 0 Å². The lowest BCUT2D eigenvalue weighted by Crippen LogP contribution is -2.53. The Kier molecular flexibility index (Phi) is 1.74. The first-order valence-corrected chi connectivity index (χ1v) is 4.36. The Hall–Kier alpha value is -0.340. The molecule has 0 radical (unpaired) electrons. The summed E-state index contributed by atoms with van der Waals surface area (Å²) in [6, 6.07) is 1.03. The smallest absolute Gasteiger partial charge is 0.0477 e. The highest BCUT2D eigenvalue weighted by Gasteiger charge is 2.34. The zero-order valence-corrected chi connectivity index (χ0v) is 6.83. The van der Waals surface area contributed by atoms with Crippen molar-refractivity contribution < 1.29 is 5.11 Å². The van der Waals surface area contributed by atoms with Gasteiger partial charge in [0.1, 0.15) is 0 Å². The normalized spacial score (nSPS) is 48.2. The average Bonchev–Trinajstić information content (AvgIpc) is 2.05. The zero-order valence-electron chi connectivity index (χ0n) is 6.83. The first kappa shape index (κ1) is 7.32. The van der Waals surface area contributed by atoms with Gasteiger partial charge < -0.3 is 10.4 Å². The maximum atomic E-state index is 9.03. The predicted molar refractivity (Wildman–Crippen MR) is 44.2 cm³/mol. The Morgan fingerprint density at radius 2 is 2.36 bits per heavy atom. The molecule has 1 saturated heterocycles. The molecule has 2 nitrogen and oxygen atoms in total. The van der Waals surface area contributed by atoms with Crippen LogP contribution in [0.2, 0.25) is 0 Å². The molecule has 2 bridgehead atoms. The number of piperidine rings is 1. The minimum absolute atomic E-state index is 0.325. The summed E-state index contributed by atoms with van der Waals surface area (Å²) in [7, 11) is 0. The summed E-state index contributed by atoms with van der Waals surface area (Å²) in [5.41, 5.74) is 0. The van der Waals surface area contributed by atoms with E-state index in [2.05, 4.69) is 24.4 Å². The van der Waals surface area contributed by atoms with Gasteiger partial charge in [-0.15, -0.1) is 0 Å². The summed E-state index contributed by atoms with van der Waals surface area (Å²) >= 11 is 0. The molecule has 0 unspecified atom stereocenters. The van der Waals surface area contributed by atoms with Crippen molar-refractivity contribution in [3.63, 3.8) is 0 Å². The molecule has 0 amide bonds. The molecular formula is C9H15NO. The topological polar surface area (TPSA) is 32.3 Å². The van der Waals surface area contributed by atoms with Crippen molar-refractivity contribution in [1.82, 2.24) is 5.32 Å². The molecule has 62 valence electrons. The van der Waals surface area contributed by atoms with E-state index in [-0.39, 0.29) is 0 Å². The van der Waals surface area contributed by atoms with E-state index in [1.54, 1.807) is 0 Å². The number of aliphatic hydroxyl groups is 1. The number of fused-ring (bicyclic) bond motifs is 2. The molecule has 11 heavy (non-hydrogen) atoms. The van der Waals surface area contributed by atoms with Crippen molar-refractivity contribution in [3.05, 3.63) is 12.2 Å². The SMILES string of the molecule is C[C@H]1N[C@H]2C=C[C@@H]1C[C@@H]2CO. The monoisotopic (exact) mass is 153 g/mol. The van der Waals surface area contributed by atoms with Crippen LogP contribution in [0, 0.1) is 11.8 Å². The lowest BCUT2D eigenvalue weighted by Gasteiger charge is -2.42. The Balaban J connectivity index is 2.13. The van der Waals surface area contributed by atoms with Crippen molar-refractivity contribution in [2.45, 2.75) is 25.4 Å². The average molecular weight is 153 g/mol. The highest BCUT2D eigenvalue weighted by atomic mass is 16.3. The van der Waals surface area contributed by atoms with Gasteiger partial charge in [-0.3, -0.25) is 0 Å². The van der Waals surface area contributed by atoms with Crippen molar-refractivity contribution in [3.8, 4) is 0 Å². The van der Waals surface area contributed by atoms with E-state index < -0.39 is 0 Å². The lowest BCUT2D eigenvalue weighted by molar-refractivity contribution is 0.129. The second-order valence-corrected chi connectivity index (χ2v) is 3.71. The standard InChI is InChI=1S/C9H15NO/c1-6-7-2-3-9(10-6)8(4-7)5-11/h2-3,6-11H,4-5H2,1H3/t6-,7-,8-,9+/m1/s1. The molecule has 0 aromatic rings. The van der Waals surface area contributed by atoms with Gasteiger partial charge >= 0.3 is 0 Å². The van der Waals surface area contributed by atoms with Gasteiger partial charge in [0, 0.05) is 24.6 Å². The summed E-state index contributed by atoms with van der Waals surface area (Å²) < 4.78 is 0. The molecule has 4 atom stereocenters. The molecule has 2 heterocycles. The Labute approximate surface area is 67.3 Å². The Morgan fingerprint density at radius 1 is 1.55 bits per heavy atom. The number of nitrogens with one attached hydrogen (secondary N) is 1. The molecule has 2 N–H and O–H groups in total. The fourth-order valence-electron chi connectivity index (χ4n) is 2.17. The molecule has 3 aliphatic rings. The van der Waals surface area contributed by atoms with E-state index in [1.165, 1.54) is 0 Å².